The minimum absolute atomic E-state index is 1.14. The van der Waals surface area contributed by atoms with Gasteiger partial charge in [0.1, 0.15) is 8.07 Å². The molecule has 0 unspecified atom stereocenters. The number of hydrogen-bond donors (Lipinski definition) is 0. The zero-order valence-corrected chi connectivity index (χ0v) is 17.6. The number of hydrogen-bond acceptors (Lipinski definition) is 0. The van der Waals surface area contributed by atoms with Crippen LogP contribution >= 0.6 is 0 Å². The summed E-state index contributed by atoms with van der Waals surface area (Å²) in [5.74, 6) is 3.34. The Balaban J connectivity index is 2.75. The molecule has 0 heterocycles. The van der Waals surface area contributed by atoms with Crippen LogP contribution in [-0.4, -0.2) is 16.1 Å². The lowest BCUT2D eigenvalue weighted by atomic mass is 10.2. The van der Waals surface area contributed by atoms with Gasteiger partial charge in [0.05, 0.1) is 8.07 Å². The van der Waals surface area contributed by atoms with Crippen molar-refractivity contribution in [2.75, 3.05) is 0 Å². The average molecular weight is 341 g/mol. The highest BCUT2D eigenvalue weighted by Gasteiger charge is 2.24. The van der Waals surface area contributed by atoms with E-state index in [1.807, 2.05) is 6.08 Å². The molecule has 124 valence electrons. The Morgan fingerprint density at radius 3 is 2.13 bits per heavy atom. The Labute approximate surface area is 145 Å². The van der Waals surface area contributed by atoms with Crippen molar-refractivity contribution in [3.8, 4) is 11.5 Å². The summed E-state index contributed by atoms with van der Waals surface area (Å²) in [5.41, 5.74) is 5.03. The van der Waals surface area contributed by atoms with Crippen molar-refractivity contribution < 1.29 is 0 Å². The summed E-state index contributed by atoms with van der Waals surface area (Å²) in [6.07, 6.45) is 4.22. The fourth-order valence-corrected chi connectivity index (χ4v) is 7.24. The molecule has 0 amide bonds. The van der Waals surface area contributed by atoms with Gasteiger partial charge >= 0.3 is 0 Å². The fourth-order valence-electron chi connectivity index (χ4n) is 2.80. The fraction of sp³-hybridized carbons (Fsp3) is 0.429. The van der Waals surface area contributed by atoms with Gasteiger partial charge in [-0.1, -0.05) is 93.5 Å². The topological polar surface area (TPSA) is 0 Å². The zero-order chi connectivity index (χ0) is 17.3. The Morgan fingerprint density at radius 1 is 1.04 bits per heavy atom. The third kappa shape index (κ3) is 6.01. The summed E-state index contributed by atoms with van der Waals surface area (Å²) in [6, 6.07) is 15.7. The van der Waals surface area contributed by atoms with Gasteiger partial charge in [0.25, 0.3) is 0 Å². The van der Waals surface area contributed by atoms with E-state index in [0.717, 1.165) is 6.04 Å². The Bertz CT molecular complexity index is 573. The maximum atomic E-state index is 4.34. The van der Waals surface area contributed by atoms with Gasteiger partial charge in [-0.05, 0) is 30.3 Å². The van der Waals surface area contributed by atoms with Crippen LogP contribution in [0.5, 0.6) is 0 Å². The molecule has 0 aromatic heterocycles. The molecule has 0 aliphatic heterocycles. The Hall–Kier alpha value is -1.31. The predicted octanol–water partition coefficient (Wildman–Crippen LogP) is 6.18. The van der Waals surface area contributed by atoms with Crippen molar-refractivity contribution >= 4 is 16.1 Å². The minimum atomic E-state index is -1.51. The van der Waals surface area contributed by atoms with Crippen LogP contribution < -0.4 is 0 Å². The quantitative estimate of drug-likeness (QED) is 0.316. The molecule has 23 heavy (non-hydrogen) atoms. The second-order valence-corrected chi connectivity index (χ2v) is 16.7. The van der Waals surface area contributed by atoms with Crippen molar-refractivity contribution in [3.05, 3.63) is 59.8 Å². The summed E-state index contributed by atoms with van der Waals surface area (Å²) in [4.78, 5) is 0. The van der Waals surface area contributed by atoms with Gasteiger partial charge in [0.15, 0.2) is 0 Å². The van der Waals surface area contributed by atoms with Crippen LogP contribution in [0.25, 0.3) is 0 Å². The third-order valence-electron chi connectivity index (χ3n) is 5.09. The molecule has 1 aromatic carbocycles. The normalized spacial score (nSPS) is 12.0. The monoisotopic (exact) mass is 340 g/mol. The molecule has 0 N–H and O–H groups in total. The van der Waals surface area contributed by atoms with E-state index < -0.39 is 16.1 Å². The van der Waals surface area contributed by atoms with Crippen molar-refractivity contribution in [2.45, 2.75) is 58.0 Å². The van der Waals surface area contributed by atoms with E-state index in [1.165, 1.54) is 28.9 Å². The zero-order valence-electron chi connectivity index (χ0n) is 15.6. The van der Waals surface area contributed by atoms with Crippen LogP contribution in [0.1, 0.15) is 26.3 Å². The number of benzene rings is 1. The summed E-state index contributed by atoms with van der Waals surface area (Å²) in [7, 11) is -2.83. The lowest BCUT2D eigenvalue weighted by molar-refractivity contribution is 1.20. The molecule has 1 rings (SSSR count). The van der Waals surface area contributed by atoms with E-state index in [1.54, 1.807) is 0 Å². The molecule has 0 spiro atoms. The van der Waals surface area contributed by atoms with E-state index in [0.29, 0.717) is 0 Å². The third-order valence-corrected chi connectivity index (χ3v) is 13.0. The maximum Gasteiger partial charge on any atom is 0.138 e. The van der Waals surface area contributed by atoms with E-state index >= 15 is 0 Å². The summed E-state index contributed by atoms with van der Waals surface area (Å²) in [5, 5.41) is 1.28. The summed E-state index contributed by atoms with van der Waals surface area (Å²) < 4.78 is 0. The molecule has 0 aliphatic carbocycles. The molecule has 2 heteroatoms. The second kappa shape index (κ2) is 9.10. The first-order chi connectivity index (χ1) is 10.9. The van der Waals surface area contributed by atoms with Gasteiger partial charge in [-0.15, -0.1) is 5.54 Å². The maximum absolute atomic E-state index is 4.34. The Kier molecular flexibility index (Phi) is 7.81. The first-order valence-electron chi connectivity index (χ1n) is 8.81. The van der Waals surface area contributed by atoms with E-state index in [-0.39, 0.29) is 0 Å². The van der Waals surface area contributed by atoms with Gasteiger partial charge in [-0.25, -0.2) is 0 Å². The van der Waals surface area contributed by atoms with Gasteiger partial charge in [-0.2, -0.15) is 0 Å². The van der Waals surface area contributed by atoms with Gasteiger partial charge in [-0.3, -0.25) is 0 Å². The molecule has 0 atom stereocenters. The molecule has 1 aromatic rings. The van der Waals surface area contributed by atoms with Gasteiger partial charge in [0, 0.05) is 0 Å². The number of allylic oxidation sites excluding steroid dienone is 3. The molecule has 0 saturated heterocycles. The minimum Gasteiger partial charge on any atom is -0.127 e. The smallest absolute Gasteiger partial charge is 0.127 e. The molecular formula is C21H32Si2. The van der Waals surface area contributed by atoms with Crippen LogP contribution in [-0.2, 0) is 6.04 Å². The number of rotatable bonds is 7. The average Bonchev–Trinajstić information content (AvgIpc) is 2.56. The van der Waals surface area contributed by atoms with Crippen molar-refractivity contribution in [1.29, 1.82) is 0 Å². The lowest BCUT2D eigenvalue weighted by Gasteiger charge is -2.23. The molecule has 0 fully saturated rings. The first kappa shape index (κ1) is 19.7. The van der Waals surface area contributed by atoms with Crippen LogP contribution in [0.4, 0.5) is 0 Å². The SMILES string of the molecule is C=C(/C=C/C#C[Si](CC)(CC)CC)[Si](C)(C)Cc1ccccc1. The lowest BCUT2D eigenvalue weighted by Crippen LogP contribution is -2.31. The van der Waals surface area contributed by atoms with Gasteiger partial charge < -0.3 is 0 Å². The van der Waals surface area contributed by atoms with Crippen LogP contribution in [0.15, 0.2) is 54.3 Å². The molecule has 0 aliphatic rings. The highest BCUT2D eigenvalue weighted by atomic mass is 28.3. The van der Waals surface area contributed by atoms with Gasteiger partial charge in [0.2, 0.25) is 0 Å². The van der Waals surface area contributed by atoms with Crippen molar-refractivity contribution in [3.63, 3.8) is 0 Å². The molecule has 0 nitrogen and oxygen atoms in total. The van der Waals surface area contributed by atoms with Crippen molar-refractivity contribution in [1.82, 2.24) is 0 Å². The summed E-state index contributed by atoms with van der Waals surface area (Å²) >= 11 is 0. The first-order valence-corrected chi connectivity index (χ1v) is 14.6. The second-order valence-electron chi connectivity index (χ2n) is 7.02. The van der Waals surface area contributed by atoms with Crippen LogP contribution in [0, 0.1) is 11.5 Å². The standard InChI is InChI=1S/C21H32Si2/c1-7-23(8-2,9-3)18-14-13-15-20(4)22(5,6)19-21-16-11-10-12-17-21/h10-13,15-17H,4,7-9,19H2,1-3,5-6H3/b15-13+. The molecule has 0 saturated carbocycles. The van der Waals surface area contributed by atoms with E-state index in [4.69, 9.17) is 0 Å². The summed E-state index contributed by atoms with van der Waals surface area (Å²) in [6.45, 7) is 16.0. The molecular weight excluding hydrogens is 308 g/mol. The molecule has 0 radical (unpaired) electrons. The Morgan fingerprint density at radius 2 is 1.61 bits per heavy atom. The molecule has 0 bridgehead atoms. The van der Waals surface area contributed by atoms with E-state index in [2.05, 4.69) is 88.3 Å². The van der Waals surface area contributed by atoms with E-state index in [9.17, 15) is 0 Å². The van der Waals surface area contributed by atoms with Crippen LogP contribution in [0.3, 0.4) is 0 Å². The van der Waals surface area contributed by atoms with Crippen LogP contribution in [0.2, 0.25) is 31.2 Å². The van der Waals surface area contributed by atoms with Crippen molar-refractivity contribution in [2.24, 2.45) is 0 Å². The highest BCUT2D eigenvalue weighted by molar-refractivity contribution is 6.87. The largest absolute Gasteiger partial charge is 0.138 e. The highest BCUT2D eigenvalue weighted by Crippen LogP contribution is 2.21. The predicted molar refractivity (Wildman–Crippen MR) is 111 cm³/mol.